The van der Waals surface area contributed by atoms with E-state index in [2.05, 4.69) is 59.5 Å². The molecule has 0 spiro atoms. The molecule has 0 atom stereocenters. The summed E-state index contributed by atoms with van der Waals surface area (Å²) >= 11 is 0. The van der Waals surface area contributed by atoms with Crippen molar-refractivity contribution in [2.75, 3.05) is 5.32 Å². The summed E-state index contributed by atoms with van der Waals surface area (Å²) < 4.78 is 0. The second-order valence-electron chi connectivity index (χ2n) is 7.14. The Balaban J connectivity index is 1.80. The molecule has 2 aromatic carbocycles. The zero-order chi connectivity index (χ0) is 21.1. The second kappa shape index (κ2) is 8.14. The van der Waals surface area contributed by atoms with Crippen LogP contribution in [-0.2, 0) is 0 Å². The number of anilines is 2. The Morgan fingerprint density at radius 2 is 1.80 bits per heavy atom. The minimum atomic E-state index is 0.466. The van der Waals surface area contributed by atoms with E-state index in [0.717, 1.165) is 16.5 Å². The molecule has 0 radical (unpaired) electrons. The van der Waals surface area contributed by atoms with Gasteiger partial charge in [-0.25, -0.2) is 15.0 Å². The number of nitrogens with one attached hydrogen (secondary N) is 1. The Kier molecular flexibility index (Phi) is 5.23. The van der Waals surface area contributed by atoms with Gasteiger partial charge in [0.05, 0.1) is 11.1 Å². The van der Waals surface area contributed by atoms with Crippen molar-refractivity contribution in [1.82, 2.24) is 15.0 Å². The van der Waals surface area contributed by atoms with Crippen LogP contribution in [-0.4, -0.2) is 15.0 Å². The van der Waals surface area contributed by atoms with Crippen molar-refractivity contribution in [2.45, 2.75) is 20.8 Å². The highest BCUT2D eigenvalue weighted by Crippen LogP contribution is 2.33. The molecular weight excluding hydrogens is 370 g/mol. The molecule has 0 aliphatic carbocycles. The van der Waals surface area contributed by atoms with Gasteiger partial charge in [0.15, 0.2) is 0 Å². The van der Waals surface area contributed by atoms with Crippen LogP contribution in [0.1, 0.15) is 29.2 Å². The fraction of sp³-hybridized carbons (Fsp3) is 0.120. The van der Waals surface area contributed by atoms with Gasteiger partial charge in [-0.1, -0.05) is 42.5 Å². The van der Waals surface area contributed by atoms with E-state index in [-0.39, 0.29) is 0 Å². The lowest BCUT2D eigenvalue weighted by atomic mass is 9.92. The average molecular weight is 391 g/mol. The van der Waals surface area contributed by atoms with Gasteiger partial charge in [0.2, 0.25) is 5.95 Å². The van der Waals surface area contributed by atoms with E-state index in [1.165, 1.54) is 28.5 Å². The number of allylic oxidation sites excluding steroid dienone is 1. The van der Waals surface area contributed by atoms with Gasteiger partial charge < -0.3 is 5.32 Å². The van der Waals surface area contributed by atoms with Crippen molar-refractivity contribution in [3.05, 3.63) is 83.2 Å². The number of rotatable bonds is 4. The van der Waals surface area contributed by atoms with E-state index in [4.69, 9.17) is 10.2 Å². The topological polar surface area (TPSA) is 74.5 Å². The first-order valence-electron chi connectivity index (χ1n) is 9.72. The molecule has 146 valence electrons. The molecule has 0 fully saturated rings. The van der Waals surface area contributed by atoms with Crippen molar-refractivity contribution in [3.8, 4) is 17.2 Å². The number of nitriles is 1. The third-order valence-corrected chi connectivity index (χ3v) is 4.93. The number of para-hydroxylation sites is 1. The van der Waals surface area contributed by atoms with Gasteiger partial charge in [-0.2, -0.15) is 5.26 Å². The first-order chi connectivity index (χ1) is 14.6. The van der Waals surface area contributed by atoms with Crippen molar-refractivity contribution in [3.63, 3.8) is 0 Å². The number of benzene rings is 2. The van der Waals surface area contributed by atoms with Crippen molar-refractivity contribution >= 4 is 28.7 Å². The lowest BCUT2D eigenvalue weighted by Gasteiger charge is -2.14. The van der Waals surface area contributed by atoms with Crippen LogP contribution in [0.5, 0.6) is 0 Å². The summed E-state index contributed by atoms with van der Waals surface area (Å²) in [6.45, 7) is 6.29. The molecule has 5 nitrogen and oxygen atoms in total. The van der Waals surface area contributed by atoms with Crippen LogP contribution in [0.2, 0.25) is 0 Å². The monoisotopic (exact) mass is 391 g/mol. The maximum absolute atomic E-state index is 8.93. The Bertz CT molecular complexity index is 1270. The Labute approximate surface area is 175 Å². The smallest absolute Gasteiger partial charge is 0.228 e. The van der Waals surface area contributed by atoms with E-state index in [9.17, 15) is 0 Å². The molecule has 5 heteroatoms. The summed E-state index contributed by atoms with van der Waals surface area (Å²) in [4.78, 5) is 13.5. The molecule has 0 saturated heterocycles. The molecular formula is C25H21N5. The van der Waals surface area contributed by atoms with E-state index in [1.54, 1.807) is 12.1 Å². The number of aryl methyl sites for hydroxylation is 2. The first kappa shape index (κ1) is 19.3. The van der Waals surface area contributed by atoms with E-state index >= 15 is 0 Å². The maximum atomic E-state index is 8.93. The molecule has 4 aromatic rings. The number of hydrogen-bond donors (Lipinski definition) is 1. The molecule has 0 aliphatic rings. The first-order valence-corrected chi connectivity index (χ1v) is 9.72. The summed E-state index contributed by atoms with van der Waals surface area (Å²) in [5.74, 6) is 1.06. The molecule has 0 unspecified atom stereocenters. The molecule has 0 amide bonds. The highest BCUT2D eigenvalue weighted by molar-refractivity contribution is 5.95. The highest BCUT2D eigenvalue weighted by atomic mass is 15.1. The van der Waals surface area contributed by atoms with Gasteiger partial charge in [0.25, 0.3) is 0 Å². The molecule has 1 N–H and O–H groups in total. The van der Waals surface area contributed by atoms with Crippen LogP contribution in [0.3, 0.4) is 0 Å². The van der Waals surface area contributed by atoms with Crippen LogP contribution < -0.4 is 5.32 Å². The standard InChI is InChI=1S/C25H21N5/c1-4-6-18-11-16(2)23(17(3)12-18)21-8-5-7-20-15-28-25(30-24(20)21)29-22-10-9-19(13-26)14-27-22/h4-12,14-15H,1-3H3,(H,27,28,29,30)/b6-4+. The zero-order valence-corrected chi connectivity index (χ0v) is 17.1. The zero-order valence-electron chi connectivity index (χ0n) is 17.1. The quantitative estimate of drug-likeness (QED) is 0.465. The highest BCUT2D eigenvalue weighted by Gasteiger charge is 2.13. The summed E-state index contributed by atoms with van der Waals surface area (Å²) in [6.07, 6.45) is 7.50. The Morgan fingerprint density at radius 1 is 1.00 bits per heavy atom. The third-order valence-electron chi connectivity index (χ3n) is 4.93. The van der Waals surface area contributed by atoms with Gasteiger partial charge in [-0.15, -0.1) is 0 Å². The number of hydrogen-bond acceptors (Lipinski definition) is 5. The largest absolute Gasteiger partial charge is 0.309 e. The molecule has 4 rings (SSSR count). The predicted octanol–water partition coefficient (Wildman–Crippen LogP) is 5.96. The van der Waals surface area contributed by atoms with Crippen molar-refractivity contribution < 1.29 is 0 Å². The van der Waals surface area contributed by atoms with E-state index < -0.39 is 0 Å². The normalized spacial score (nSPS) is 11.0. The van der Waals surface area contributed by atoms with Crippen LogP contribution in [0.4, 0.5) is 11.8 Å². The molecule has 0 bridgehead atoms. The lowest BCUT2D eigenvalue weighted by Crippen LogP contribution is -2.00. The number of nitrogens with zero attached hydrogens (tertiary/aromatic N) is 4. The lowest BCUT2D eigenvalue weighted by molar-refractivity contribution is 1.18. The second-order valence-corrected chi connectivity index (χ2v) is 7.14. The summed E-state index contributed by atoms with van der Waals surface area (Å²) in [7, 11) is 0. The van der Waals surface area contributed by atoms with Crippen molar-refractivity contribution in [2.24, 2.45) is 0 Å². The average Bonchev–Trinajstić information content (AvgIpc) is 2.74. The third kappa shape index (κ3) is 3.76. The van der Waals surface area contributed by atoms with Crippen LogP contribution in [0, 0.1) is 25.2 Å². The Hall–Kier alpha value is -4.04. The SMILES string of the molecule is C/C=C/c1cc(C)c(-c2cccc3cnc(Nc4ccc(C#N)cn4)nc23)c(C)c1. The fourth-order valence-corrected chi connectivity index (χ4v) is 3.68. The van der Waals surface area contributed by atoms with Gasteiger partial charge >= 0.3 is 0 Å². The molecule has 2 aromatic heterocycles. The minimum Gasteiger partial charge on any atom is -0.309 e. The molecule has 0 saturated carbocycles. The molecule has 0 aliphatic heterocycles. The van der Waals surface area contributed by atoms with Crippen LogP contribution in [0.25, 0.3) is 28.1 Å². The number of aromatic nitrogens is 3. The van der Waals surface area contributed by atoms with Gasteiger partial charge in [0.1, 0.15) is 11.9 Å². The summed E-state index contributed by atoms with van der Waals surface area (Å²) in [6, 6.07) is 16.1. The van der Waals surface area contributed by atoms with E-state index in [0.29, 0.717) is 17.3 Å². The predicted molar refractivity (Wildman–Crippen MR) is 121 cm³/mol. The molecule has 30 heavy (non-hydrogen) atoms. The summed E-state index contributed by atoms with van der Waals surface area (Å²) in [5.41, 5.74) is 7.27. The summed E-state index contributed by atoms with van der Waals surface area (Å²) in [5, 5.41) is 13.0. The van der Waals surface area contributed by atoms with Gasteiger partial charge in [-0.3, -0.25) is 0 Å². The number of pyridine rings is 1. The molecule has 2 heterocycles. The minimum absolute atomic E-state index is 0.466. The maximum Gasteiger partial charge on any atom is 0.228 e. The van der Waals surface area contributed by atoms with Crippen LogP contribution >= 0.6 is 0 Å². The van der Waals surface area contributed by atoms with E-state index in [1.807, 2.05) is 31.3 Å². The van der Waals surface area contributed by atoms with Crippen molar-refractivity contribution in [1.29, 1.82) is 5.26 Å². The van der Waals surface area contributed by atoms with Gasteiger partial charge in [-0.05, 0) is 55.2 Å². The Morgan fingerprint density at radius 3 is 2.47 bits per heavy atom. The number of fused-ring (bicyclic) bond motifs is 1. The van der Waals surface area contributed by atoms with Gasteiger partial charge in [0, 0.05) is 23.3 Å². The van der Waals surface area contributed by atoms with Crippen LogP contribution in [0.15, 0.2) is 60.9 Å². The fourth-order valence-electron chi connectivity index (χ4n) is 3.68.